The molecule has 4 radical (unpaired) electrons. The van der Waals surface area contributed by atoms with Crippen molar-refractivity contribution in [1.29, 1.82) is 0 Å². The first-order valence-corrected chi connectivity index (χ1v) is 5.86. The Kier molecular flexibility index (Phi) is 3.83. The summed E-state index contributed by atoms with van der Waals surface area (Å²) in [7, 11) is 5.51. The van der Waals surface area contributed by atoms with Gasteiger partial charge in [0.2, 0.25) is 0 Å². The molecule has 1 atom stereocenters. The van der Waals surface area contributed by atoms with Gasteiger partial charge in [-0.2, -0.15) is 0 Å². The Morgan fingerprint density at radius 2 is 1.67 bits per heavy atom. The van der Waals surface area contributed by atoms with Crippen molar-refractivity contribution in [3.63, 3.8) is 0 Å². The number of rotatable bonds is 2. The molecule has 1 heterocycles. The quantitative estimate of drug-likeness (QED) is 0.439. The van der Waals surface area contributed by atoms with Crippen molar-refractivity contribution >= 4 is 36.5 Å². The van der Waals surface area contributed by atoms with E-state index in [2.05, 4.69) is 55.8 Å². The fourth-order valence-electron chi connectivity index (χ4n) is 1.90. The van der Waals surface area contributed by atoms with Gasteiger partial charge >= 0.3 is 0 Å². The van der Waals surface area contributed by atoms with Gasteiger partial charge in [-0.25, -0.2) is 8.34 Å². The Labute approximate surface area is 81.7 Å². The van der Waals surface area contributed by atoms with Crippen molar-refractivity contribution in [2.24, 2.45) is 11.8 Å². The van der Waals surface area contributed by atoms with Crippen LogP contribution in [0.3, 0.4) is 0 Å². The van der Waals surface area contributed by atoms with E-state index in [-0.39, 0.29) is 0 Å². The molecular weight excluding hydrogens is 158 g/mol. The summed E-state index contributed by atoms with van der Waals surface area (Å²) < 4.78 is 0. The van der Waals surface area contributed by atoms with Crippen LogP contribution in [0.15, 0.2) is 0 Å². The van der Waals surface area contributed by atoms with Gasteiger partial charge in [0.25, 0.3) is 0 Å². The van der Waals surface area contributed by atoms with Gasteiger partial charge in [-0.1, -0.05) is 44.7 Å². The standard InChI is InChI=1S/C7H15B4P/c1-5(2)7(6(3)4)8-10-11-12-9-7/h5-6,12H,1-4H3. The van der Waals surface area contributed by atoms with Gasteiger partial charge < -0.3 is 0 Å². The molecule has 0 aromatic rings. The molecule has 0 aliphatic carbocycles. The maximum absolute atomic E-state index is 2.49. The van der Waals surface area contributed by atoms with Crippen molar-refractivity contribution in [3.8, 4) is 0 Å². The first-order valence-electron chi connectivity index (χ1n) is 4.71. The predicted molar refractivity (Wildman–Crippen MR) is 63.7 cm³/mol. The van der Waals surface area contributed by atoms with Crippen molar-refractivity contribution in [1.82, 2.24) is 0 Å². The topological polar surface area (TPSA) is 0 Å². The molecule has 0 amide bonds. The van der Waals surface area contributed by atoms with E-state index in [1.165, 1.54) is 0 Å². The summed E-state index contributed by atoms with van der Waals surface area (Å²) in [5, 5.41) is 0.354. The second-order valence-electron chi connectivity index (χ2n) is 4.15. The SMILES string of the molecule is CC(C)C1(C(C)C)[B][B][B]P[B]1. The normalized spacial score (nSPS) is 22.8. The minimum Gasteiger partial charge on any atom is -0.210 e. The average Bonchev–Trinajstić information content (AvgIpc) is 2.05. The fraction of sp³-hybridized carbons (Fsp3) is 1.00. The van der Waals surface area contributed by atoms with E-state index in [9.17, 15) is 0 Å². The van der Waals surface area contributed by atoms with Gasteiger partial charge in [-0.3, -0.25) is 0 Å². The van der Waals surface area contributed by atoms with Crippen LogP contribution in [0.1, 0.15) is 27.7 Å². The largest absolute Gasteiger partial charge is 0.210 e. The van der Waals surface area contributed by atoms with Crippen LogP contribution >= 0.6 is 8.34 Å². The monoisotopic (exact) mass is 174 g/mol. The second-order valence-corrected chi connectivity index (χ2v) is 5.10. The molecule has 1 saturated heterocycles. The van der Waals surface area contributed by atoms with Crippen molar-refractivity contribution < 1.29 is 0 Å². The van der Waals surface area contributed by atoms with Crippen LogP contribution in [0.25, 0.3) is 0 Å². The fourth-order valence-corrected chi connectivity index (χ4v) is 3.25. The Hall–Kier alpha value is 0.690. The first kappa shape index (κ1) is 10.8. The van der Waals surface area contributed by atoms with Gasteiger partial charge in [0.05, 0.1) is 14.1 Å². The number of hydrogen-bond donors (Lipinski definition) is 0. The van der Waals surface area contributed by atoms with E-state index in [0.29, 0.717) is 5.21 Å². The first-order chi connectivity index (χ1) is 5.59. The number of hydrogen-bond acceptors (Lipinski definition) is 0. The Morgan fingerprint density at radius 3 is 1.92 bits per heavy atom. The molecule has 12 heavy (non-hydrogen) atoms. The molecule has 1 aliphatic rings. The van der Waals surface area contributed by atoms with Crippen LogP contribution in [-0.4, -0.2) is 28.1 Å². The van der Waals surface area contributed by atoms with Crippen molar-refractivity contribution in [3.05, 3.63) is 0 Å². The van der Waals surface area contributed by atoms with Crippen LogP contribution in [0.2, 0.25) is 5.21 Å². The lowest BCUT2D eigenvalue weighted by Crippen LogP contribution is -2.43. The molecule has 0 bridgehead atoms. The van der Waals surface area contributed by atoms with Crippen molar-refractivity contribution in [2.75, 3.05) is 0 Å². The van der Waals surface area contributed by atoms with Crippen LogP contribution in [0.5, 0.6) is 0 Å². The second kappa shape index (κ2) is 4.27. The highest BCUT2D eigenvalue weighted by Gasteiger charge is 2.38. The maximum atomic E-state index is 2.49. The van der Waals surface area contributed by atoms with Crippen LogP contribution in [0.4, 0.5) is 0 Å². The summed E-state index contributed by atoms with van der Waals surface area (Å²) in [6, 6.07) is 0. The summed E-state index contributed by atoms with van der Waals surface area (Å²) in [5.74, 6) is 1.44. The van der Waals surface area contributed by atoms with E-state index in [1.54, 1.807) is 0 Å². The van der Waals surface area contributed by atoms with E-state index < -0.39 is 0 Å². The molecule has 0 N–H and O–H groups in total. The van der Waals surface area contributed by atoms with Gasteiger partial charge in [0, 0.05) is 7.06 Å². The maximum Gasteiger partial charge on any atom is 0.128 e. The summed E-state index contributed by atoms with van der Waals surface area (Å²) >= 11 is 0. The smallest absolute Gasteiger partial charge is 0.128 e. The molecule has 0 spiro atoms. The molecule has 1 fully saturated rings. The predicted octanol–water partition coefficient (Wildman–Crippen LogP) is 1.58. The van der Waals surface area contributed by atoms with Gasteiger partial charge in [-0.05, 0) is 0 Å². The Balaban J connectivity index is 2.70. The Bertz CT molecular complexity index is 132. The summed E-state index contributed by atoms with van der Waals surface area (Å²) in [6.07, 6.45) is 0. The van der Waals surface area contributed by atoms with E-state index in [1.807, 2.05) is 0 Å². The highest BCUT2D eigenvalue weighted by Crippen LogP contribution is 2.46. The van der Waals surface area contributed by atoms with Crippen LogP contribution < -0.4 is 0 Å². The summed E-state index contributed by atoms with van der Waals surface area (Å²) in [4.78, 5) is 0. The van der Waals surface area contributed by atoms with E-state index in [4.69, 9.17) is 0 Å². The zero-order valence-corrected chi connectivity index (χ0v) is 9.46. The lowest BCUT2D eigenvalue weighted by Gasteiger charge is -2.44. The molecule has 1 rings (SSSR count). The third-order valence-electron chi connectivity index (χ3n) is 2.91. The van der Waals surface area contributed by atoms with Crippen molar-refractivity contribution in [2.45, 2.75) is 32.9 Å². The van der Waals surface area contributed by atoms with Gasteiger partial charge in [0.1, 0.15) is 7.00 Å². The van der Waals surface area contributed by atoms with Crippen LogP contribution in [0, 0.1) is 11.8 Å². The highest BCUT2D eigenvalue weighted by atomic mass is 31.1. The minimum atomic E-state index is 0.354. The minimum absolute atomic E-state index is 0.354. The zero-order chi connectivity index (χ0) is 9.19. The molecule has 1 unspecified atom stereocenters. The lowest BCUT2D eigenvalue weighted by molar-refractivity contribution is 0.417. The molecule has 60 valence electrons. The highest BCUT2D eigenvalue weighted by molar-refractivity contribution is 8.03. The Morgan fingerprint density at radius 1 is 1.08 bits per heavy atom. The molecule has 0 nitrogen and oxygen atoms in total. The van der Waals surface area contributed by atoms with Gasteiger partial charge in [0.15, 0.2) is 0 Å². The molecule has 0 aromatic carbocycles. The lowest BCUT2D eigenvalue weighted by atomic mass is 9.13. The van der Waals surface area contributed by atoms with Gasteiger partial charge in [-0.15, -0.1) is 0 Å². The molecule has 5 heteroatoms. The van der Waals surface area contributed by atoms with E-state index in [0.717, 1.165) is 20.2 Å². The summed E-state index contributed by atoms with van der Waals surface area (Å²) in [6.45, 7) is 14.0. The molecule has 1 aliphatic heterocycles. The summed E-state index contributed by atoms with van der Waals surface area (Å²) in [5.41, 5.74) is 0. The van der Waals surface area contributed by atoms with Crippen LogP contribution in [-0.2, 0) is 0 Å². The van der Waals surface area contributed by atoms with E-state index >= 15 is 0 Å². The zero-order valence-electron chi connectivity index (χ0n) is 8.46. The third kappa shape index (κ3) is 1.95. The molecule has 0 aromatic heterocycles. The average molecular weight is 173 g/mol. The molecular formula is C7H15B4P. The third-order valence-corrected chi connectivity index (χ3v) is 3.96. The molecule has 0 saturated carbocycles.